The van der Waals surface area contributed by atoms with Crippen LogP contribution in [0.3, 0.4) is 0 Å². The van der Waals surface area contributed by atoms with Crippen molar-refractivity contribution >= 4 is 5.97 Å². The zero-order valence-corrected chi connectivity index (χ0v) is 13.9. The molecule has 0 unspecified atom stereocenters. The van der Waals surface area contributed by atoms with E-state index < -0.39 is 0 Å². The van der Waals surface area contributed by atoms with E-state index in [1.165, 1.54) is 38.8 Å². The molecule has 1 N–H and O–H groups in total. The van der Waals surface area contributed by atoms with Crippen molar-refractivity contribution in [3.63, 3.8) is 0 Å². The van der Waals surface area contributed by atoms with Crippen molar-refractivity contribution in [2.24, 2.45) is 11.8 Å². The molecule has 0 bridgehead atoms. The van der Waals surface area contributed by atoms with E-state index >= 15 is 0 Å². The van der Waals surface area contributed by atoms with Crippen LogP contribution in [-0.4, -0.2) is 43.6 Å². The van der Waals surface area contributed by atoms with E-state index in [-0.39, 0.29) is 5.97 Å². The number of carbonyl (C=O) groups excluding carboxylic acids is 1. The molecule has 2 saturated heterocycles. The molecule has 4 nitrogen and oxygen atoms in total. The highest BCUT2D eigenvalue weighted by Gasteiger charge is 2.28. The zero-order valence-electron chi connectivity index (χ0n) is 13.9. The summed E-state index contributed by atoms with van der Waals surface area (Å²) >= 11 is 0. The lowest BCUT2D eigenvalue weighted by Crippen LogP contribution is -2.41. The number of likely N-dealkylation sites (tertiary alicyclic amines) is 1. The van der Waals surface area contributed by atoms with Gasteiger partial charge >= 0.3 is 5.97 Å². The molecule has 4 heteroatoms. The van der Waals surface area contributed by atoms with Gasteiger partial charge in [-0.2, -0.15) is 0 Å². The Morgan fingerprint density at radius 1 is 1.04 bits per heavy atom. The predicted molar refractivity (Wildman–Crippen MR) is 91.0 cm³/mol. The molecule has 0 atom stereocenters. The van der Waals surface area contributed by atoms with Gasteiger partial charge in [-0.1, -0.05) is 30.3 Å². The number of hydrogen-bond donors (Lipinski definition) is 1. The van der Waals surface area contributed by atoms with Crippen LogP contribution in [0.1, 0.15) is 31.2 Å². The van der Waals surface area contributed by atoms with E-state index in [4.69, 9.17) is 4.74 Å². The van der Waals surface area contributed by atoms with E-state index in [1.54, 1.807) is 0 Å². The lowest BCUT2D eigenvalue weighted by atomic mass is 9.79. The number of nitrogens with zero attached hydrogens (tertiary/aromatic N) is 1. The molecule has 1 aromatic rings. The molecule has 0 aliphatic carbocycles. The fraction of sp³-hybridized carbons (Fsp3) is 0.632. The molecule has 0 spiro atoms. The maximum absolute atomic E-state index is 12.0. The monoisotopic (exact) mass is 316 g/mol. The second-order valence-corrected chi connectivity index (χ2v) is 6.85. The molecule has 2 heterocycles. The highest BCUT2D eigenvalue weighted by Crippen LogP contribution is 2.30. The summed E-state index contributed by atoms with van der Waals surface area (Å²) in [5, 5.41) is 3.44. The topological polar surface area (TPSA) is 41.6 Å². The summed E-state index contributed by atoms with van der Waals surface area (Å²) in [5.74, 6) is 1.64. The number of hydrogen-bond acceptors (Lipinski definition) is 4. The first-order valence-corrected chi connectivity index (χ1v) is 8.94. The van der Waals surface area contributed by atoms with Gasteiger partial charge in [-0.05, 0) is 69.3 Å². The summed E-state index contributed by atoms with van der Waals surface area (Å²) in [7, 11) is 0. The number of nitrogens with one attached hydrogen (secondary N) is 1. The van der Waals surface area contributed by atoms with Crippen LogP contribution in [0, 0.1) is 11.8 Å². The maximum atomic E-state index is 12.0. The Balaban J connectivity index is 1.35. The van der Waals surface area contributed by atoms with E-state index in [2.05, 4.69) is 10.2 Å². The molecule has 23 heavy (non-hydrogen) atoms. The van der Waals surface area contributed by atoms with Gasteiger partial charge in [0.2, 0.25) is 0 Å². The van der Waals surface area contributed by atoms with E-state index in [9.17, 15) is 4.79 Å². The van der Waals surface area contributed by atoms with Crippen LogP contribution >= 0.6 is 0 Å². The first kappa shape index (κ1) is 16.5. The molecule has 0 amide bonds. The van der Waals surface area contributed by atoms with Gasteiger partial charge in [-0.15, -0.1) is 0 Å². The molecule has 0 aromatic heterocycles. The second-order valence-electron chi connectivity index (χ2n) is 6.85. The molecule has 2 fully saturated rings. The van der Waals surface area contributed by atoms with Gasteiger partial charge in [-0.3, -0.25) is 9.69 Å². The van der Waals surface area contributed by atoms with Crippen LogP contribution in [0.2, 0.25) is 0 Å². The van der Waals surface area contributed by atoms with Crippen molar-refractivity contribution in [1.29, 1.82) is 0 Å². The summed E-state index contributed by atoms with van der Waals surface area (Å²) in [5.41, 5.74) is 1.05. The number of benzene rings is 1. The fourth-order valence-electron chi connectivity index (χ4n) is 3.86. The first-order chi connectivity index (χ1) is 11.3. The predicted octanol–water partition coefficient (Wildman–Crippen LogP) is 2.44. The largest absolute Gasteiger partial charge is 0.460 e. The molecule has 2 aliphatic rings. The Morgan fingerprint density at radius 2 is 1.70 bits per heavy atom. The molecule has 0 radical (unpaired) electrons. The van der Waals surface area contributed by atoms with Crippen molar-refractivity contribution in [2.75, 3.05) is 32.7 Å². The zero-order chi connectivity index (χ0) is 15.9. The SMILES string of the molecule is O=C(CN1CCC(C2CCNCC2)CC1)OCc1ccccc1. The number of ether oxygens (including phenoxy) is 1. The lowest BCUT2D eigenvalue weighted by molar-refractivity contribution is -0.146. The summed E-state index contributed by atoms with van der Waals surface area (Å²) < 4.78 is 5.39. The molecular weight excluding hydrogens is 288 g/mol. The minimum Gasteiger partial charge on any atom is -0.460 e. The molecule has 2 aliphatic heterocycles. The van der Waals surface area contributed by atoms with E-state index in [0.717, 1.165) is 30.5 Å². The average Bonchev–Trinajstić information content (AvgIpc) is 2.62. The number of esters is 1. The Labute approximate surface area is 139 Å². The van der Waals surface area contributed by atoms with Gasteiger partial charge < -0.3 is 10.1 Å². The van der Waals surface area contributed by atoms with Gasteiger partial charge in [0.15, 0.2) is 0 Å². The third-order valence-corrected chi connectivity index (χ3v) is 5.28. The minimum absolute atomic E-state index is 0.103. The fourth-order valence-corrected chi connectivity index (χ4v) is 3.86. The van der Waals surface area contributed by atoms with Crippen molar-refractivity contribution < 1.29 is 9.53 Å². The highest BCUT2D eigenvalue weighted by molar-refractivity contribution is 5.71. The molecular formula is C19H28N2O2. The van der Waals surface area contributed by atoms with Gasteiger partial charge in [-0.25, -0.2) is 0 Å². The minimum atomic E-state index is -0.103. The van der Waals surface area contributed by atoms with Crippen molar-refractivity contribution in [3.05, 3.63) is 35.9 Å². The van der Waals surface area contributed by atoms with Crippen LogP contribution in [0.4, 0.5) is 0 Å². The number of piperidine rings is 2. The summed E-state index contributed by atoms with van der Waals surface area (Å²) in [4.78, 5) is 14.3. The summed E-state index contributed by atoms with van der Waals surface area (Å²) in [6, 6.07) is 9.87. The molecule has 3 rings (SSSR count). The van der Waals surface area contributed by atoms with Crippen LogP contribution in [0.25, 0.3) is 0 Å². The van der Waals surface area contributed by atoms with Crippen molar-refractivity contribution in [2.45, 2.75) is 32.3 Å². The molecule has 126 valence electrons. The first-order valence-electron chi connectivity index (χ1n) is 8.94. The number of rotatable bonds is 5. The second kappa shape index (κ2) is 8.46. The van der Waals surface area contributed by atoms with Crippen molar-refractivity contribution in [1.82, 2.24) is 10.2 Å². The number of carbonyl (C=O) groups is 1. The lowest BCUT2D eigenvalue weighted by Gasteiger charge is -2.37. The average molecular weight is 316 g/mol. The van der Waals surface area contributed by atoms with Gasteiger partial charge in [0.1, 0.15) is 6.61 Å². The Hall–Kier alpha value is -1.39. The standard InChI is InChI=1S/C19H28N2O2/c22-19(23-15-16-4-2-1-3-5-16)14-21-12-8-18(9-13-21)17-6-10-20-11-7-17/h1-5,17-18,20H,6-15H2. The Bertz CT molecular complexity index is 477. The highest BCUT2D eigenvalue weighted by atomic mass is 16.5. The summed E-state index contributed by atoms with van der Waals surface area (Å²) in [6.07, 6.45) is 5.11. The van der Waals surface area contributed by atoms with Gasteiger partial charge in [0, 0.05) is 0 Å². The van der Waals surface area contributed by atoms with Crippen LogP contribution in [0.5, 0.6) is 0 Å². The quantitative estimate of drug-likeness (QED) is 0.847. The van der Waals surface area contributed by atoms with Crippen molar-refractivity contribution in [3.8, 4) is 0 Å². The normalized spacial score (nSPS) is 21.2. The van der Waals surface area contributed by atoms with Gasteiger partial charge in [0.05, 0.1) is 6.54 Å². The third-order valence-electron chi connectivity index (χ3n) is 5.28. The Morgan fingerprint density at radius 3 is 2.39 bits per heavy atom. The van der Waals surface area contributed by atoms with Gasteiger partial charge in [0.25, 0.3) is 0 Å². The smallest absolute Gasteiger partial charge is 0.320 e. The summed E-state index contributed by atoms with van der Waals surface area (Å²) in [6.45, 7) is 5.24. The Kier molecular flexibility index (Phi) is 6.06. The third kappa shape index (κ3) is 5.05. The van der Waals surface area contributed by atoms with Crippen LogP contribution in [0.15, 0.2) is 30.3 Å². The van der Waals surface area contributed by atoms with E-state index in [1.807, 2.05) is 30.3 Å². The maximum Gasteiger partial charge on any atom is 0.320 e. The molecule has 0 saturated carbocycles. The van der Waals surface area contributed by atoms with Crippen LogP contribution < -0.4 is 5.32 Å². The molecule has 1 aromatic carbocycles. The van der Waals surface area contributed by atoms with E-state index in [0.29, 0.717) is 13.2 Å². The van der Waals surface area contributed by atoms with Crippen LogP contribution in [-0.2, 0) is 16.1 Å².